The quantitative estimate of drug-likeness (QED) is 0.207. The first-order chi connectivity index (χ1) is 16.1. The van der Waals surface area contributed by atoms with Gasteiger partial charge < -0.3 is 0 Å². The predicted octanol–water partition coefficient (Wildman–Crippen LogP) is 8.94. The van der Waals surface area contributed by atoms with Crippen molar-refractivity contribution < 1.29 is 26.3 Å². The lowest BCUT2D eigenvalue weighted by Crippen LogP contribution is -2.07. The summed E-state index contributed by atoms with van der Waals surface area (Å²) in [4.78, 5) is 0. The van der Waals surface area contributed by atoms with Gasteiger partial charge in [0.05, 0.1) is 5.56 Å². The second-order valence-electron chi connectivity index (χ2n) is 7.87. The first kappa shape index (κ1) is 23.4. The van der Waals surface area contributed by atoms with Crippen LogP contribution in [0.4, 0.5) is 26.3 Å². The van der Waals surface area contributed by atoms with Crippen LogP contribution in [0.1, 0.15) is 22.3 Å². The van der Waals surface area contributed by atoms with Crippen molar-refractivity contribution in [1.29, 1.82) is 0 Å². The Morgan fingerprint density at radius 3 is 1.62 bits per heavy atom. The SMILES string of the molecule is Cc1ccc(/C=C/c2ccc(-c3ccc(-c4ccc(C(F)(F)F)c(F)c4)c(F)c3)c(F)c2)cc1. The molecule has 0 aliphatic carbocycles. The standard InChI is InChI=1S/C28H18F6/c1-17-2-4-18(5-3-17)6-7-19-8-11-22(25(29)14-19)20-9-12-23(26(30)15-20)21-10-13-24(27(31)16-21)28(32,33)34/h2-16H,1H3/b7-6+. The molecule has 0 saturated carbocycles. The molecule has 0 aromatic heterocycles. The third kappa shape index (κ3) is 5.06. The minimum atomic E-state index is -4.84. The summed E-state index contributed by atoms with van der Waals surface area (Å²) in [6.45, 7) is 1.98. The molecule has 0 N–H and O–H groups in total. The topological polar surface area (TPSA) is 0 Å². The minimum absolute atomic E-state index is 0.0494. The fraction of sp³-hybridized carbons (Fsp3) is 0.0714. The second-order valence-corrected chi connectivity index (χ2v) is 7.87. The first-order valence-electron chi connectivity index (χ1n) is 10.3. The van der Waals surface area contributed by atoms with E-state index < -0.39 is 29.2 Å². The van der Waals surface area contributed by atoms with Gasteiger partial charge in [0.25, 0.3) is 0 Å². The fourth-order valence-corrected chi connectivity index (χ4v) is 3.57. The van der Waals surface area contributed by atoms with Crippen molar-refractivity contribution in [2.75, 3.05) is 0 Å². The van der Waals surface area contributed by atoms with Crippen LogP contribution in [0.5, 0.6) is 0 Å². The smallest absolute Gasteiger partial charge is 0.206 e. The molecule has 0 atom stereocenters. The van der Waals surface area contributed by atoms with Gasteiger partial charge >= 0.3 is 6.18 Å². The van der Waals surface area contributed by atoms with Crippen LogP contribution in [0.3, 0.4) is 0 Å². The summed E-state index contributed by atoms with van der Waals surface area (Å²) in [5.41, 5.74) is 1.57. The van der Waals surface area contributed by atoms with Gasteiger partial charge in [-0.15, -0.1) is 0 Å². The third-order valence-electron chi connectivity index (χ3n) is 5.40. The van der Waals surface area contributed by atoms with Crippen molar-refractivity contribution in [3.63, 3.8) is 0 Å². The van der Waals surface area contributed by atoms with Gasteiger partial charge in [-0.05, 0) is 53.4 Å². The molecule has 172 valence electrons. The number of hydrogen-bond acceptors (Lipinski definition) is 0. The molecule has 0 unspecified atom stereocenters. The van der Waals surface area contributed by atoms with E-state index in [-0.39, 0.29) is 22.3 Å². The monoisotopic (exact) mass is 468 g/mol. The molecule has 4 aromatic rings. The van der Waals surface area contributed by atoms with Crippen LogP contribution in [0, 0.1) is 24.4 Å². The van der Waals surface area contributed by atoms with Crippen LogP contribution in [-0.4, -0.2) is 0 Å². The average Bonchev–Trinajstić information content (AvgIpc) is 2.78. The van der Waals surface area contributed by atoms with Gasteiger partial charge in [0, 0.05) is 11.1 Å². The van der Waals surface area contributed by atoms with Crippen molar-refractivity contribution in [1.82, 2.24) is 0 Å². The highest BCUT2D eigenvalue weighted by Gasteiger charge is 2.34. The normalized spacial score (nSPS) is 11.9. The molecule has 6 heteroatoms. The van der Waals surface area contributed by atoms with Crippen molar-refractivity contribution in [2.24, 2.45) is 0 Å². The second kappa shape index (κ2) is 9.21. The highest BCUT2D eigenvalue weighted by Crippen LogP contribution is 2.35. The van der Waals surface area contributed by atoms with Crippen LogP contribution in [0.25, 0.3) is 34.4 Å². The fourth-order valence-electron chi connectivity index (χ4n) is 3.57. The molecule has 0 amide bonds. The van der Waals surface area contributed by atoms with E-state index >= 15 is 0 Å². The van der Waals surface area contributed by atoms with E-state index in [1.165, 1.54) is 24.3 Å². The van der Waals surface area contributed by atoms with Gasteiger partial charge in [-0.1, -0.05) is 72.3 Å². The molecule has 0 aliphatic rings. The summed E-state index contributed by atoms with van der Waals surface area (Å²) in [6.07, 6.45) is -1.23. The van der Waals surface area contributed by atoms with Gasteiger partial charge in [-0.3, -0.25) is 0 Å². The van der Waals surface area contributed by atoms with Crippen molar-refractivity contribution >= 4 is 12.2 Å². The highest BCUT2D eigenvalue weighted by atomic mass is 19.4. The molecule has 4 rings (SSSR count). The van der Waals surface area contributed by atoms with E-state index in [0.29, 0.717) is 17.7 Å². The predicted molar refractivity (Wildman–Crippen MR) is 122 cm³/mol. The molecule has 0 radical (unpaired) electrons. The Balaban J connectivity index is 1.59. The number of hydrogen-bond donors (Lipinski definition) is 0. The highest BCUT2D eigenvalue weighted by molar-refractivity contribution is 5.74. The maximum Gasteiger partial charge on any atom is 0.419 e. The Bertz CT molecular complexity index is 1370. The Labute approximate surface area is 192 Å². The van der Waals surface area contributed by atoms with Crippen molar-refractivity contribution in [3.8, 4) is 22.3 Å². The number of benzene rings is 4. The largest absolute Gasteiger partial charge is 0.419 e. The van der Waals surface area contributed by atoms with E-state index in [1.807, 2.05) is 37.3 Å². The summed E-state index contributed by atoms with van der Waals surface area (Å²) >= 11 is 0. The number of halogens is 6. The van der Waals surface area contributed by atoms with Crippen LogP contribution in [0.15, 0.2) is 78.9 Å². The van der Waals surface area contributed by atoms with Gasteiger partial charge in [0.1, 0.15) is 17.5 Å². The van der Waals surface area contributed by atoms with Crippen molar-refractivity contribution in [3.05, 3.63) is 119 Å². The molecular weight excluding hydrogens is 450 g/mol. The zero-order valence-corrected chi connectivity index (χ0v) is 17.9. The molecule has 0 nitrogen and oxygen atoms in total. The number of alkyl halides is 3. The Kier molecular flexibility index (Phi) is 6.33. The Morgan fingerprint density at radius 2 is 1.06 bits per heavy atom. The Hall–Kier alpha value is -3.80. The van der Waals surface area contributed by atoms with E-state index in [9.17, 15) is 26.3 Å². The first-order valence-corrected chi connectivity index (χ1v) is 10.3. The maximum absolute atomic E-state index is 14.8. The van der Waals surface area contributed by atoms with Crippen LogP contribution < -0.4 is 0 Å². The average molecular weight is 468 g/mol. The number of aryl methyl sites for hydroxylation is 1. The molecule has 0 aliphatic heterocycles. The van der Waals surface area contributed by atoms with Crippen molar-refractivity contribution in [2.45, 2.75) is 13.1 Å². The maximum atomic E-state index is 14.8. The van der Waals surface area contributed by atoms with E-state index in [0.717, 1.165) is 23.3 Å². The summed E-state index contributed by atoms with van der Waals surface area (Å²) in [5.74, 6) is -2.85. The molecular formula is C28H18F6. The lowest BCUT2D eigenvalue weighted by atomic mass is 9.97. The van der Waals surface area contributed by atoms with E-state index in [1.54, 1.807) is 12.1 Å². The lowest BCUT2D eigenvalue weighted by molar-refractivity contribution is -0.139. The molecule has 0 fully saturated rings. The van der Waals surface area contributed by atoms with Crippen LogP contribution in [0.2, 0.25) is 0 Å². The lowest BCUT2D eigenvalue weighted by Gasteiger charge is -2.11. The summed E-state index contributed by atoms with van der Waals surface area (Å²) in [7, 11) is 0. The van der Waals surface area contributed by atoms with E-state index in [4.69, 9.17) is 0 Å². The third-order valence-corrected chi connectivity index (χ3v) is 5.40. The van der Waals surface area contributed by atoms with Gasteiger partial charge in [0.15, 0.2) is 0 Å². The number of rotatable bonds is 4. The molecule has 0 bridgehead atoms. The molecule has 0 spiro atoms. The summed E-state index contributed by atoms with van der Waals surface area (Å²) in [5, 5.41) is 0. The zero-order chi connectivity index (χ0) is 24.5. The molecule has 4 aromatic carbocycles. The minimum Gasteiger partial charge on any atom is -0.206 e. The zero-order valence-electron chi connectivity index (χ0n) is 17.9. The summed E-state index contributed by atoms with van der Waals surface area (Å²) in [6, 6.07) is 18.4. The van der Waals surface area contributed by atoms with Gasteiger partial charge in [-0.25, -0.2) is 13.2 Å². The molecule has 0 heterocycles. The van der Waals surface area contributed by atoms with Crippen LogP contribution in [-0.2, 0) is 6.18 Å². The van der Waals surface area contributed by atoms with E-state index in [2.05, 4.69) is 0 Å². The Morgan fingerprint density at radius 1 is 0.559 bits per heavy atom. The molecule has 34 heavy (non-hydrogen) atoms. The van der Waals surface area contributed by atoms with Gasteiger partial charge in [0.2, 0.25) is 0 Å². The molecule has 0 saturated heterocycles. The van der Waals surface area contributed by atoms with Gasteiger partial charge in [-0.2, -0.15) is 13.2 Å². The van der Waals surface area contributed by atoms with Crippen LogP contribution >= 0.6 is 0 Å². The summed E-state index contributed by atoms with van der Waals surface area (Å²) < 4.78 is 81.7.